The highest BCUT2D eigenvalue weighted by Gasteiger charge is 2.17. The van der Waals surface area contributed by atoms with Gasteiger partial charge in [-0.25, -0.2) is 0 Å². The molecule has 0 fully saturated rings. The summed E-state index contributed by atoms with van der Waals surface area (Å²) in [7, 11) is 0. The average molecular weight is 311 g/mol. The van der Waals surface area contributed by atoms with Crippen molar-refractivity contribution in [2.75, 3.05) is 6.54 Å². The summed E-state index contributed by atoms with van der Waals surface area (Å²) in [5.41, 5.74) is 1.20. The molecule has 0 aliphatic rings. The normalized spacial score (nSPS) is 12.0. The second kappa shape index (κ2) is 7.09. The zero-order valence-corrected chi connectivity index (χ0v) is 12.9. The van der Waals surface area contributed by atoms with Crippen molar-refractivity contribution in [3.63, 3.8) is 0 Å². The maximum atomic E-state index is 12.0. The van der Waals surface area contributed by atoms with Gasteiger partial charge in [0.05, 0.1) is 11.1 Å². The molecule has 0 spiro atoms. The fourth-order valence-corrected chi connectivity index (χ4v) is 3.11. The van der Waals surface area contributed by atoms with Crippen LogP contribution in [0, 0.1) is 0 Å². The van der Waals surface area contributed by atoms with E-state index in [2.05, 4.69) is 17.4 Å². The van der Waals surface area contributed by atoms with Crippen LogP contribution in [-0.2, 0) is 0 Å². The summed E-state index contributed by atoms with van der Waals surface area (Å²) in [6, 6.07) is 17.8. The lowest BCUT2D eigenvalue weighted by Gasteiger charge is -2.15. The first kappa shape index (κ1) is 14.6. The van der Waals surface area contributed by atoms with E-state index in [1.807, 2.05) is 47.8 Å². The highest BCUT2D eigenvalue weighted by Crippen LogP contribution is 2.27. The van der Waals surface area contributed by atoms with Gasteiger partial charge in [0, 0.05) is 12.5 Å². The first-order valence-electron chi connectivity index (χ1n) is 7.24. The molecule has 1 amide bonds. The van der Waals surface area contributed by atoms with Crippen molar-refractivity contribution in [2.24, 2.45) is 0 Å². The van der Waals surface area contributed by atoms with Crippen LogP contribution in [0.15, 0.2) is 70.7 Å². The summed E-state index contributed by atoms with van der Waals surface area (Å²) >= 11 is 1.45. The molecule has 0 saturated carbocycles. The van der Waals surface area contributed by atoms with Crippen LogP contribution in [-0.4, -0.2) is 12.5 Å². The van der Waals surface area contributed by atoms with E-state index in [-0.39, 0.29) is 11.8 Å². The quantitative estimate of drug-likeness (QED) is 0.738. The Hall–Kier alpha value is -2.33. The Labute approximate surface area is 133 Å². The van der Waals surface area contributed by atoms with Gasteiger partial charge in [-0.2, -0.15) is 0 Å². The number of amides is 1. The molecule has 2 heterocycles. The molecule has 0 aliphatic carbocycles. The molecular weight excluding hydrogens is 294 g/mol. The number of furan rings is 1. The van der Waals surface area contributed by atoms with E-state index >= 15 is 0 Å². The van der Waals surface area contributed by atoms with E-state index in [1.165, 1.54) is 16.9 Å². The molecule has 0 bridgehead atoms. The predicted molar refractivity (Wildman–Crippen MR) is 88.3 cm³/mol. The molecule has 0 saturated heterocycles. The summed E-state index contributed by atoms with van der Waals surface area (Å²) in [5.74, 6) is 1.07. The van der Waals surface area contributed by atoms with Gasteiger partial charge >= 0.3 is 0 Å². The van der Waals surface area contributed by atoms with Crippen molar-refractivity contribution in [3.8, 4) is 0 Å². The maximum Gasteiger partial charge on any atom is 0.261 e. The minimum atomic E-state index is -0.0127. The number of thiophene rings is 1. The number of carbonyl (C=O) groups is 1. The lowest BCUT2D eigenvalue weighted by molar-refractivity contribution is 0.0956. The van der Waals surface area contributed by atoms with Crippen molar-refractivity contribution < 1.29 is 9.21 Å². The van der Waals surface area contributed by atoms with Crippen molar-refractivity contribution in [3.05, 3.63) is 82.4 Å². The van der Waals surface area contributed by atoms with E-state index in [0.29, 0.717) is 6.54 Å². The molecule has 112 valence electrons. The van der Waals surface area contributed by atoms with E-state index in [4.69, 9.17) is 4.42 Å². The Morgan fingerprint density at radius 3 is 2.64 bits per heavy atom. The minimum Gasteiger partial charge on any atom is -0.469 e. The summed E-state index contributed by atoms with van der Waals surface area (Å²) in [6.07, 6.45) is 2.49. The first-order chi connectivity index (χ1) is 10.8. The number of nitrogens with one attached hydrogen (secondary N) is 1. The molecule has 0 aliphatic heterocycles. The fraction of sp³-hybridized carbons (Fsp3) is 0.167. The third kappa shape index (κ3) is 3.46. The van der Waals surface area contributed by atoms with Crippen molar-refractivity contribution in [1.82, 2.24) is 5.32 Å². The predicted octanol–water partition coefficient (Wildman–Crippen LogP) is 4.29. The highest BCUT2D eigenvalue weighted by molar-refractivity contribution is 7.12. The van der Waals surface area contributed by atoms with Crippen LogP contribution in [0.3, 0.4) is 0 Å². The summed E-state index contributed by atoms with van der Waals surface area (Å²) in [5, 5.41) is 4.88. The van der Waals surface area contributed by atoms with Gasteiger partial charge in [0.15, 0.2) is 0 Å². The molecule has 1 aromatic carbocycles. The minimum absolute atomic E-state index is 0.0127. The molecule has 3 aromatic rings. The first-order valence-corrected chi connectivity index (χ1v) is 8.12. The third-order valence-electron chi connectivity index (χ3n) is 3.55. The Kier molecular flexibility index (Phi) is 4.71. The zero-order valence-electron chi connectivity index (χ0n) is 12.1. The van der Waals surface area contributed by atoms with Crippen molar-refractivity contribution in [1.29, 1.82) is 0 Å². The van der Waals surface area contributed by atoms with Crippen LogP contribution in [0.4, 0.5) is 0 Å². The van der Waals surface area contributed by atoms with Crippen LogP contribution >= 0.6 is 11.3 Å². The summed E-state index contributed by atoms with van der Waals surface area (Å²) in [4.78, 5) is 12.7. The van der Waals surface area contributed by atoms with Crippen LogP contribution in [0.5, 0.6) is 0 Å². The topological polar surface area (TPSA) is 42.2 Å². The largest absolute Gasteiger partial charge is 0.469 e. The second-order valence-electron chi connectivity index (χ2n) is 5.00. The molecule has 3 rings (SSSR count). The van der Waals surface area contributed by atoms with Crippen LogP contribution in [0.2, 0.25) is 0 Å². The third-order valence-corrected chi connectivity index (χ3v) is 4.42. The fourth-order valence-electron chi connectivity index (χ4n) is 2.47. The smallest absolute Gasteiger partial charge is 0.261 e. The zero-order chi connectivity index (χ0) is 15.2. The van der Waals surface area contributed by atoms with Gasteiger partial charge in [-0.3, -0.25) is 4.79 Å². The van der Waals surface area contributed by atoms with Crippen LogP contribution in [0.1, 0.15) is 33.3 Å². The Morgan fingerprint density at radius 1 is 1.09 bits per heavy atom. The Balaban J connectivity index is 1.65. The molecule has 0 unspecified atom stereocenters. The molecule has 3 nitrogen and oxygen atoms in total. The van der Waals surface area contributed by atoms with Crippen LogP contribution < -0.4 is 5.32 Å². The molecule has 1 atom stereocenters. The van der Waals surface area contributed by atoms with Gasteiger partial charge < -0.3 is 9.73 Å². The Morgan fingerprint density at radius 2 is 1.95 bits per heavy atom. The average Bonchev–Trinajstić information content (AvgIpc) is 3.25. The van der Waals surface area contributed by atoms with Gasteiger partial charge in [0.2, 0.25) is 0 Å². The second-order valence-corrected chi connectivity index (χ2v) is 5.95. The molecule has 22 heavy (non-hydrogen) atoms. The standard InChI is InChI=1S/C18H17NO2S/c20-18(17-9-5-13-22-17)19-11-10-15(16-8-4-12-21-16)14-6-2-1-3-7-14/h1-9,12-13,15H,10-11H2,(H,19,20)/t15-/m1/s1. The number of hydrogen-bond acceptors (Lipinski definition) is 3. The van der Waals surface area contributed by atoms with Gasteiger partial charge in [-0.05, 0) is 35.6 Å². The van der Waals surface area contributed by atoms with E-state index in [1.54, 1.807) is 6.26 Å². The molecule has 0 radical (unpaired) electrons. The SMILES string of the molecule is O=C(NCC[C@H](c1ccccc1)c1ccco1)c1cccs1. The van der Waals surface area contributed by atoms with E-state index < -0.39 is 0 Å². The van der Waals surface area contributed by atoms with E-state index in [9.17, 15) is 4.79 Å². The van der Waals surface area contributed by atoms with Crippen LogP contribution in [0.25, 0.3) is 0 Å². The number of benzene rings is 1. The van der Waals surface area contributed by atoms with Crippen molar-refractivity contribution >= 4 is 17.2 Å². The molecule has 4 heteroatoms. The molecular formula is C18H17NO2S. The van der Waals surface area contributed by atoms with E-state index in [0.717, 1.165) is 17.1 Å². The Bertz CT molecular complexity index is 690. The van der Waals surface area contributed by atoms with Gasteiger partial charge in [-0.1, -0.05) is 36.4 Å². The molecule has 1 N–H and O–H groups in total. The van der Waals surface area contributed by atoms with Gasteiger partial charge in [0.25, 0.3) is 5.91 Å². The monoisotopic (exact) mass is 311 g/mol. The molecule has 2 aromatic heterocycles. The van der Waals surface area contributed by atoms with Gasteiger partial charge in [0.1, 0.15) is 5.76 Å². The highest BCUT2D eigenvalue weighted by atomic mass is 32.1. The lowest BCUT2D eigenvalue weighted by Crippen LogP contribution is -2.25. The summed E-state index contributed by atoms with van der Waals surface area (Å²) in [6.45, 7) is 0.608. The number of hydrogen-bond donors (Lipinski definition) is 1. The van der Waals surface area contributed by atoms with Gasteiger partial charge in [-0.15, -0.1) is 11.3 Å². The lowest BCUT2D eigenvalue weighted by atomic mass is 9.93. The maximum absolute atomic E-state index is 12.0. The van der Waals surface area contributed by atoms with Crippen molar-refractivity contribution in [2.45, 2.75) is 12.3 Å². The number of carbonyl (C=O) groups excluding carboxylic acids is 1. The summed E-state index contributed by atoms with van der Waals surface area (Å²) < 4.78 is 5.57. The number of rotatable bonds is 6.